The number of nitrogens with zero attached hydrogens (tertiary/aromatic N) is 2. The van der Waals surface area contributed by atoms with E-state index in [4.69, 9.17) is 16.2 Å². The molecule has 1 aliphatic rings. The molecule has 24 heavy (non-hydrogen) atoms. The summed E-state index contributed by atoms with van der Waals surface area (Å²) in [5.74, 6) is -0.352. The zero-order chi connectivity index (χ0) is 17.7. The van der Waals surface area contributed by atoms with Crippen molar-refractivity contribution in [2.45, 2.75) is 24.9 Å². The van der Waals surface area contributed by atoms with E-state index in [1.54, 1.807) is 11.8 Å². The Morgan fingerprint density at radius 2 is 2.04 bits per heavy atom. The van der Waals surface area contributed by atoms with Gasteiger partial charge in [-0.25, -0.2) is 4.98 Å². The number of likely N-dealkylation sites (tertiary alicyclic amines) is 1. The minimum Gasteiger partial charge on any atom is -0.466 e. The van der Waals surface area contributed by atoms with Crippen LogP contribution in [0.1, 0.15) is 19.8 Å². The van der Waals surface area contributed by atoms with Gasteiger partial charge in [0.05, 0.1) is 18.3 Å². The number of nitrogen functional groups attached to an aromatic ring is 2. The number of aromatic amines is 1. The lowest BCUT2D eigenvalue weighted by Crippen LogP contribution is -2.41. The molecule has 5 N–H and O–H groups in total. The van der Waals surface area contributed by atoms with Crippen molar-refractivity contribution in [2.75, 3.05) is 36.9 Å². The smallest absolute Gasteiger partial charge is 0.309 e. The van der Waals surface area contributed by atoms with Crippen LogP contribution in [0, 0.1) is 5.92 Å². The van der Waals surface area contributed by atoms with Crippen LogP contribution in [-0.4, -0.2) is 52.2 Å². The van der Waals surface area contributed by atoms with Crippen molar-refractivity contribution in [3.8, 4) is 0 Å². The van der Waals surface area contributed by atoms with Gasteiger partial charge in [0, 0.05) is 13.1 Å². The van der Waals surface area contributed by atoms with Crippen LogP contribution in [0.3, 0.4) is 0 Å². The first-order valence-corrected chi connectivity index (χ1v) is 8.63. The van der Waals surface area contributed by atoms with E-state index in [0.29, 0.717) is 32.5 Å². The molecule has 1 aromatic rings. The number of aromatic nitrogens is 2. The molecule has 2 heterocycles. The molecule has 1 saturated heterocycles. The number of amides is 1. The van der Waals surface area contributed by atoms with E-state index < -0.39 is 5.56 Å². The second-order valence-corrected chi connectivity index (χ2v) is 6.33. The maximum absolute atomic E-state index is 12.2. The van der Waals surface area contributed by atoms with Crippen LogP contribution < -0.4 is 17.0 Å². The summed E-state index contributed by atoms with van der Waals surface area (Å²) >= 11 is 1.09. The Bertz CT molecular complexity index is 670. The van der Waals surface area contributed by atoms with Crippen LogP contribution in [-0.2, 0) is 14.3 Å². The van der Waals surface area contributed by atoms with Gasteiger partial charge in [0.15, 0.2) is 11.0 Å². The minimum atomic E-state index is -0.521. The maximum atomic E-state index is 12.2. The minimum absolute atomic E-state index is 0.0519. The van der Waals surface area contributed by atoms with Crippen LogP contribution in [0.5, 0.6) is 0 Å². The van der Waals surface area contributed by atoms with Crippen molar-refractivity contribution in [1.29, 1.82) is 0 Å². The predicted octanol–water partition coefficient (Wildman–Crippen LogP) is -0.172. The molecular weight excluding hydrogens is 334 g/mol. The van der Waals surface area contributed by atoms with E-state index >= 15 is 0 Å². The molecule has 0 spiro atoms. The molecule has 2 rings (SSSR count). The van der Waals surface area contributed by atoms with Gasteiger partial charge in [-0.2, -0.15) is 0 Å². The molecule has 132 valence electrons. The first kappa shape index (κ1) is 18.1. The second-order valence-electron chi connectivity index (χ2n) is 5.37. The van der Waals surface area contributed by atoms with Crippen LogP contribution >= 0.6 is 11.8 Å². The van der Waals surface area contributed by atoms with Gasteiger partial charge in [-0.15, -0.1) is 0 Å². The van der Waals surface area contributed by atoms with Gasteiger partial charge in [0.25, 0.3) is 5.56 Å². The topological polar surface area (TPSA) is 144 Å². The lowest BCUT2D eigenvalue weighted by molar-refractivity contribution is -0.151. The Morgan fingerprint density at radius 3 is 2.62 bits per heavy atom. The van der Waals surface area contributed by atoms with Crippen LogP contribution in [0.2, 0.25) is 0 Å². The molecule has 1 aliphatic heterocycles. The number of nitrogens with one attached hydrogen (secondary N) is 1. The summed E-state index contributed by atoms with van der Waals surface area (Å²) in [6.45, 7) is 3.16. The fourth-order valence-electron chi connectivity index (χ4n) is 2.39. The number of rotatable bonds is 5. The molecule has 0 aromatic carbocycles. The standard InChI is InChI=1S/C14H21N5O4S/c1-2-23-13(22)8-3-5-19(6-4-8)9(20)7-24-14-17-11(16)10(15)12(21)18-14/h8H,2-7,15H2,1H3,(H3,16,17,18,21). The summed E-state index contributed by atoms with van der Waals surface area (Å²) in [6, 6.07) is 0. The van der Waals surface area contributed by atoms with Gasteiger partial charge >= 0.3 is 5.97 Å². The highest BCUT2D eigenvalue weighted by molar-refractivity contribution is 7.99. The molecule has 0 saturated carbocycles. The largest absolute Gasteiger partial charge is 0.466 e. The molecule has 0 bridgehead atoms. The number of hydrogen-bond acceptors (Lipinski definition) is 8. The highest BCUT2D eigenvalue weighted by Crippen LogP contribution is 2.21. The Labute approximate surface area is 143 Å². The average Bonchev–Trinajstić information content (AvgIpc) is 2.57. The molecular formula is C14H21N5O4S. The monoisotopic (exact) mass is 355 g/mol. The SMILES string of the molecule is CCOC(=O)C1CCN(C(=O)CSc2nc(N)c(N)c(=O)[nH]2)CC1. The first-order chi connectivity index (χ1) is 11.4. The fourth-order valence-corrected chi connectivity index (χ4v) is 3.16. The highest BCUT2D eigenvalue weighted by atomic mass is 32.2. The number of nitrogens with two attached hydrogens (primary N) is 2. The quantitative estimate of drug-likeness (QED) is 0.375. The van der Waals surface area contributed by atoms with Crippen molar-refractivity contribution in [1.82, 2.24) is 14.9 Å². The molecule has 1 amide bonds. The van der Waals surface area contributed by atoms with Gasteiger partial charge in [0.1, 0.15) is 5.69 Å². The number of H-pyrrole nitrogens is 1. The van der Waals surface area contributed by atoms with Gasteiger partial charge in [-0.1, -0.05) is 11.8 Å². The van der Waals surface area contributed by atoms with Crippen LogP contribution in [0.15, 0.2) is 9.95 Å². The summed E-state index contributed by atoms with van der Waals surface area (Å²) in [5.41, 5.74) is 10.3. The molecule has 0 aliphatic carbocycles. The summed E-state index contributed by atoms with van der Waals surface area (Å²) in [6.07, 6.45) is 1.19. The number of thioether (sulfide) groups is 1. The van der Waals surface area contributed by atoms with Gasteiger partial charge in [-0.3, -0.25) is 19.4 Å². The number of hydrogen-bond donors (Lipinski definition) is 3. The lowest BCUT2D eigenvalue weighted by atomic mass is 9.97. The Kier molecular flexibility index (Phi) is 6.07. The number of carbonyl (C=O) groups excluding carboxylic acids is 2. The molecule has 1 aromatic heterocycles. The lowest BCUT2D eigenvalue weighted by Gasteiger charge is -2.30. The molecule has 1 fully saturated rings. The summed E-state index contributed by atoms with van der Waals surface area (Å²) < 4.78 is 5.00. The van der Waals surface area contributed by atoms with Gasteiger partial charge < -0.3 is 21.1 Å². The predicted molar refractivity (Wildman–Crippen MR) is 90.3 cm³/mol. The number of piperidine rings is 1. The Balaban J connectivity index is 1.84. The number of ether oxygens (including phenoxy) is 1. The van der Waals surface area contributed by atoms with Crippen LogP contribution in [0.25, 0.3) is 0 Å². The third kappa shape index (κ3) is 4.40. The second kappa shape index (κ2) is 8.04. The van der Waals surface area contributed by atoms with Crippen LogP contribution in [0.4, 0.5) is 11.5 Å². The third-order valence-electron chi connectivity index (χ3n) is 3.76. The summed E-state index contributed by atoms with van der Waals surface area (Å²) in [4.78, 5) is 43.5. The highest BCUT2D eigenvalue weighted by Gasteiger charge is 2.28. The average molecular weight is 355 g/mol. The van der Waals surface area contributed by atoms with Crippen molar-refractivity contribution in [3.63, 3.8) is 0 Å². The molecule has 0 atom stereocenters. The van der Waals surface area contributed by atoms with E-state index in [1.807, 2.05) is 0 Å². The van der Waals surface area contributed by atoms with E-state index in [-0.39, 0.29) is 40.2 Å². The van der Waals surface area contributed by atoms with Crippen molar-refractivity contribution >= 4 is 35.1 Å². The Hall–Kier alpha value is -2.23. The number of carbonyl (C=O) groups is 2. The zero-order valence-corrected chi connectivity index (χ0v) is 14.2. The fraction of sp³-hybridized carbons (Fsp3) is 0.571. The van der Waals surface area contributed by atoms with Crippen molar-refractivity contribution in [2.24, 2.45) is 5.92 Å². The normalized spacial score (nSPS) is 15.3. The van der Waals surface area contributed by atoms with Crippen molar-refractivity contribution in [3.05, 3.63) is 10.4 Å². The van der Waals surface area contributed by atoms with Gasteiger partial charge in [0.2, 0.25) is 5.91 Å². The van der Waals surface area contributed by atoms with E-state index in [9.17, 15) is 14.4 Å². The summed E-state index contributed by atoms with van der Waals surface area (Å²) in [7, 11) is 0. The first-order valence-electron chi connectivity index (χ1n) is 7.64. The number of esters is 1. The summed E-state index contributed by atoms with van der Waals surface area (Å²) in [5, 5.41) is 0.251. The zero-order valence-electron chi connectivity index (χ0n) is 13.4. The van der Waals surface area contributed by atoms with E-state index in [2.05, 4.69) is 9.97 Å². The van der Waals surface area contributed by atoms with E-state index in [1.165, 1.54) is 0 Å². The molecule has 9 nitrogen and oxygen atoms in total. The third-order valence-corrected chi connectivity index (χ3v) is 4.62. The number of anilines is 2. The Morgan fingerprint density at radius 1 is 1.38 bits per heavy atom. The van der Waals surface area contributed by atoms with Gasteiger partial charge in [-0.05, 0) is 19.8 Å². The molecule has 10 heteroatoms. The van der Waals surface area contributed by atoms with E-state index in [0.717, 1.165) is 11.8 Å². The maximum Gasteiger partial charge on any atom is 0.309 e. The molecule has 0 radical (unpaired) electrons. The molecule has 0 unspecified atom stereocenters. The van der Waals surface area contributed by atoms with Crippen molar-refractivity contribution < 1.29 is 14.3 Å².